The molecule has 0 bridgehead atoms. The van der Waals surface area contributed by atoms with E-state index >= 15 is 0 Å². The van der Waals surface area contributed by atoms with Crippen LogP contribution in [-0.4, -0.2) is 17.5 Å². The van der Waals surface area contributed by atoms with Crippen molar-refractivity contribution in [2.24, 2.45) is 5.73 Å². The Kier molecular flexibility index (Phi) is 2.73. The molecular weight excluding hydrogens is 152 g/mol. The molecule has 0 aromatic heterocycles. The Bertz CT molecular complexity index is 175. The molecule has 3 nitrogen and oxygen atoms in total. The first-order valence-corrected chi connectivity index (χ1v) is 4.64. The molecule has 0 aliphatic heterocycles. The number of carbonyl (C=O) groups is 1. The van der Waals surface area contributed by atoms with Crippen molar-refractivity contribution in [3.63, 3.8) is 0 Å². The summed E-state index contributed by atoms with van der Waals surface area (Å²) in [6.07, 6.45) is 4.37. The topological polar surface area (TPSA) is 55.1 Å². The molecule has 3 N–H and O–H groups in total. The number of hydrogen-bond donors (Lipinski definition) is 2. The minimum atomic E-state index is -0.231. The highest BCUT2D eigenvalue weighted by Crippen LogP contribution is 2.31. The second-order valence-electron chi connectivity index (χ2n) is 3.92. The minimum Gasteiger partial charge on any atom is -0.368 e. The molecule has 1 rings (SSSR count). The van der Waals surface area contributed by atoms with Gasteiger partial charge in [-0.2, -0.15) is 0 Å². The molecule has 12 heavy (non-hydrogen) atoms. The third kappa shape index (κ3) is 1.97. The molecule has 70 valence electrons. The summed E-state index contributed by atoms with van der Waals surface area (Å²) < 4.78 is 0. The summed E-state index contributed by atoms with van der Waals surface area (Å²) in [7, 11) is 0. The van der Waals surface area contributed by atoms with E-state index in [0.717, 1.165) is 19.3 Å². The molecule has 1 fully saturated rings. The van der Waals surface area contributed by atoms with Crippen molar-refractivity contribution >= 4 is 5.91 Å². The fourth-order valence-corrected chi connectivity index (χ4v) is 1.65. The molecule has 1 saturated carbocycles. The number of nitrogens with two attached hydrogens (primary N) is 1. The van der Waals surface area contributed by atoms with Crippen molar-refractivity contribution in [2.45, 2.75) is 51.1 Å². The first kappa shape index (κ1) is 9.52. The fraction of sp³-hybridized carbons (Fsp3) is 0.889. The Hall–Kier alpha value is -0.570. The van der Waals surface area contributed by atoms with Gasteiger partial charge in [0.25, 0.3) is 0 Å². The molecule has 3 heteroatoms. The van der Waals surface area contributed by atoms with Crippen LogP contribution in [0.25, 0.3) is 0 Å². The van der Waals surface area contributed by atoms with Crippen LogP contribution in [0.1, 0.15) is 39.5 Å². The number of amides is 1. The lowest BCUT2D eigenvalue weighted by Crippen LogP contribution is -2.56. The Balaban J connectivity index is 2.41. The van der Waals surface area contributed by atoms with Crippen LogP contribution < -0.4 is 11.1 Å². The number of primary amides is 1. The minimum absolute atomic E-state index is 0.143. The highest BCUT2D eigenvalue weighted by Gasteiger charge is 2.34. The van der Waals surface area contributed by atoms with Crippen LogP contribution >= 0.6 is 0 Å². The van der Waals surface area contributed by atoms with E-state index in [1.54, 1.807) is 0 Å². The van der Waals surface area contributed by atoms with E-state index in [4.69, 9.17) is 5.73 Å². The Morgan fingerprint density at radius 2 is 2.25 bits per heavy atom. The van der Waals surface area contributed by atoms with Gasteiger partial charge in [0, 0.05) is 5.54 Å². The van der Waals surface area contributed by atoms with Crippen LogP contribution in [0.2, 0.25) is 0 Å². The van der Waals surface area contributed by atoms with E-state index in [1.807, 2.05) is 6.92 Å². The number of hydrogen-bond acceptors (Lipinski definition) is 2. The summed E-state index contributed by atoms with van der Waals surface area (Å²) in [6.45, 7) is 4.13. The zero-order valence-electron chi connectivity index (χ0n) is 7.89. The van der Waals surface area contributed by atoms with Crippen LogP contribution in [0.5, 0.6) is 0 Å². The lowest BCUT2D eigenvalue weighted by atomic mass is 9.78. The van der Waals surface area contributed by atoms with Gasteiger partial charge in [0.15, 0.2) is 0 Å². The summed E-state index contributed by atoms with van der Waals surface area (Å²) in [5.41, 5.74) is 5.41. The number of carbonyl (C=O) groups excluding carboxylic acids is 1. The predicted molar refractivity (Wildman–Crippen MR) is 48.7 cm³/mol. The Morgan fingerprint density at radius 3 is 2.50 bits per heavy atom. The summed E-state index contributed by atoms with van der Waals surface area (Å²) >= 11 is 0. The van der Waals surface area contributed by atoms with Gasteiger partial charge in [-0.15, -0.1) is 0 Å². The summed E-state index contributed by atoms with van der Waals surface area (Å²) in [4.78, 5) is 10.9. The quantitative estimate of drug-likeness (QED) is 0.655. The summed E-state index contributed by atoms with van der Waals surface area (Å²) in [6, 6.07) is -0.143. The Morgan fingerprint density at radius 1 is 1.67 bits per heavy atom. The second-order valence-corrected chi connectivity index (χ2v) is 3.92. The van der Waals surface area contributed by atoms with E-state index in [-0.39, 0.29) is 17.5 Å². The van der Waals surface area contributed by atoms with Crippen molar-refractivity contribution in [3.05, 3.63) is 0 Å². The van der Waals surface area contributed by atoms with Gasteiger partial charge in [-0.25, -0.2) is 0 Å². The van der Waals surface area contributed by atoms with Gasteiger partial charge in [-0.3, -0.25) is 4.79 Å². The molecule has 0 saturated heterocycles. The van der Waals surface area contributed by atoms with E-state index in [2.05, 4.69) is 12.2 Å². The van der Waals surface area contributed by atoms with Crippen molar-refractivity contribution < 1.29 is 4.79 Å². The van der Waals surface area contributed by atoms with Gasteiger partial charge in [-0.05, 0) is 32.6 Å². The maximum atomic E-state index is 10.9. The average Bonchev–Trinajstić information content (AvgIpc) is 1.96. The maximum absolute atomic E-state index is 10.9. The van der Waals surface area contributed by atoms with E-state index in [1.165, 1.54) is 6.42 Å². The first-order valence-electron chi connectivity index (χ1n) is 4.64. The van der Waals surface area contributed by atoms with Crippen LogP contribution in [0.4, 0.5) is 0 Å². The third-order valence-corrected chi connectivity index (χ3v) is 2.73. The van der Waals surface area contributed by atoms with Crippen molar-refractivity contribution in [3.8, 4) is 0 Å². The number of rotatable bonds is 4. The molecular formula is C9H18N2O. The SMILES string of the molecule is CCC(NC1(C)CCC1)C(N)=O. The molecule has 1 atom stereocenters. The van der Waals surface area contributed by atoms with Gasteiger partial charge in [-0.1, -0.05) is 6.92 Å². The molecule has 1 unspecified atom stereocenters. The third-order valence-electron chi connectivity index (χ3n) is 2.73. The molecule has 1 amide bonds. The summed E-state index contributed by atoms with van der Waals surface area (Å²) in [5, 5.41) is 3.30. The highest BCUT2D eigenvalue weighted by atomic mass is 16.1. The van der Waals surface area contributed by atoms with Crippen molar-refractivity contribution in [1.82, 2.24) is 5.32 Å². The van der Waals surface area contributed by atoms with Gasteiger partial charge in [0.05, 0.1) is 6.04 Å². The number of nitrogens with one attached hydrogen (secondary N) is 1. The monoisotopic (exact) mass is 170 g/mol. The first-order chi connectivity index (χ1) is 5.57. The van der Waals surface area contributed by atoms with Gasteiger partial charge < -0.3 is 11.1 Å². The van der Waals surface area contributed by atoms with Crippen molar-refractivity contribution in [2.75, 3.05) is 0 Å². The van der Waals surface area contributed by atoms with Crippen LogP contribution in [0, 0.1) is 0 Å². The molecule has 0 aromatic rings. The van der Waals surface area contributed by atoms with Crippen LogP contribution in [0.3, 0.4) is 0 Å². The van der Waals surface area contributed by atoms with E-state index in [9.17, 15) is 4.79 Å². The zero-order chi connectivity index (χ0) is 9.19. The van der Waals surface area contributed by atoms with Crippen molar-refractivity contribution in [1.29, 1.82) is 0 Å². The molecule has 0 aromatic carbocycles. The van der Waals surface area contributed by atoms with Gasteiger partial charge in [0.2, 0.25) is 5.91 Å². The lowest BCUT2D eigenvalue weighted by molar-refractivity contribution is -0.120. The smallest absolute Gasteiger partial charge is 0.234 e. The molecule has 0 radical (unpaired) electrons. The van der Waals surface area contributed by atoms with Gasteiger partial charge >= 0.3 is 0 Å². The van der Waals surface area contributed by atoms with Crippen LogP contribution in [-0.2, 0) is 4.79 Å². The highest BCUT2D eigenvalue weighted by molar-refractivity contribution is 5.79. The summed E-state index contributed by atoms with van der Waals surface area (Å²) in [5.74, 6) is -0.231. The normalized spacial score (nSPS) is 22.8. The van der Waals surface area contributed by atoms with E-state index < -0.39 is 0 Å². The zero-order valence-corrected chi connectivity index (χ0v) is 7.89. The Labute approximate surface area is 73.7 Å². The second kappa shape index (κ2) is 3.44. The molecule has 0 spiro atoms. The fourth-order valence-electron chi connectivity index (χ4n) is 1.65. The standard InChI is InChI=1S/C9H18N2O/c1-3-7(8(10)12)11-9(2)5-4-6-9/h7,11H,3-6H2,1-2H3,(H2,10,12). The molecule has 1 aliphatic rings. The molecule has 1 aliphatic carbocycles. The maximum Gasteiger partial charge on any atom is 0.234 e. The van der Waals surface area contributed by atoms with Crippen LogP contribution in [0.15, 0.2) is 0 Å². The lowest BCUT2D eigenvalue weighted by Gasteiger charge is -2.41. The molecule has 0 heterocycles. The largest absolute Gasteiger partial charge is 0.368 e. The van der Waals surface area contributed by atoms with E-state index in [0.29, 0.717) is 0 Å². The van der Waals surface area contributed by atoms with Gasteiger partial charge in [0.1, 0.15) is 0 Å². The predicted octanol–water partition coefficient (Wildman–Crippen LogP) is 0.782. The average molecular weight is 170 g/mol.